The molecular formula is C21H21N3O3. The third kappa shape index (κ3) is 3.37. The SMILES string of the molecule is Cc1cccc(-c2ccccc2Cc2nc(C3COC3N)c(O)c(=O)[nH]2)c1. The van der Waals surface area contributed by atoms with E-state index < -0.39 is 11.8 Å². The highest BCUT2D eigenvalue weighted by atomic mass is 16.5. The maximum Gasteiger partial charge on any atom is 0.293 e. The summed E-state index contributed by atoms with van der Waals surface area (Å²) in [4.78, 5) is 19.3. The second kappa shape index (κ2) is 6.98. The Labute approximate surface area is 156 Å². The minimum atomic E-state index is -0.554. The fourth-order valence-corrected chi connectivity index (χ4v) is 3.36. The lowest BCUT2D eigenvalue weighted by atomic mass is 9.96. The quantitative estimate of drug-likeness (QED) is 0.661. The predicted octanol–water partition coefficient (Wildman–Crippen LogP) is 2.44. The molecule has 3 aromatic rings. The highest BCUT2D eigenvalue weighted by molar-refractivity contribution is 5.68. The Balaban J connectivity index is 1.72. The summed E-state index contributed by atoms with van der Waals surface area (Å²) in [5.41, 5.74) is 9.97. The summed E-state index contributed by atoms with van der Waals surface area (Å²) in [6.45, 7) is 2.41. The smallest absolute Gasteiger partial charge is 0.293 e. The highest BCUT2D eigenvalue weighted by Crippen LogP contribution is 2.31. The van der Waals surface area contributed by atoms with E-state index in [1.54, 1.807) is 0 Å². The summed E-state index contributed by atoms with van der Waals surface area (Å²) >= 11 is 0. The van der Waals surface area contributed by atoms with Crippen LogP contribution in [0.25, 0.3) is 11.1 Å². The molecule has 1 fully saturated rings. The van der Waals surface area contributed by atoms with Crippen molar-refractivity contribution in [2.45, 2.75) is 25.5 Å². The molecule has 0 spiro atoms. The molecule has 27 heavy (non-hydrogen) atoms. The first-order valence-electron chi connectivity index (χ1n) is 8.87. The molecule has 2 atom stereocenters. The van der Waals surface area contributed by atoms with Crippen LogP contribution in [-0.4, -0.2) is 27.9 Å². The van der Waals surface area contributed by atoms with E-state index in [2.05, 4.69) is 41.2 Å². The van der Waals surface area contributed by atoms with E-state index >= 15 is 0 Å². The van der Waals surface area contributed by atoms with Crippen molar-refractivity contribution in [2.24, 2.45) is 5.73 Å². The topological polar surface area (TPSA) is 101 Å². The minimum Gasteiger partial charge on any atom is -0.502 e. The molecule has 1 aromatic heterocycles. The van der Waals surface area contributed by atoms with E-state index in [9.17, 15) is 9.90 Å². The maximum absolute atomic E-state index is 12.2. The van der Waals surface area contributed by atoms with Crippen LogP contribution in [0.4, 0.5) is 0 Å². The van der Waals surface area contributed by atoms with E-state index in [0.29, 0.717) is 24.5 Å². The summed E-state index contributed by atoms with van der Waals surface area (Å²) in [6.07, 6.45) is -0.104. The molecule has 2 aromatic carbocycles. The number of nitrogens with zero attached hydrogens (tertiary/aromatic N) is 1. The molecule has 1 aliphatic heterocycles. The lowest BCUT2D eigenvalue weighted by Crippen LogP contribution is -2.45. The molecule has 138 valence electrons. The van der Waals surface area contributed by atoms with Gasteiger partial charge in [-0.25, -0.2) is 4.98 Å². The number of aromatic nitrogens is 2. The van der Waals surface area contributed by atoms with Crippen LogP contribution in [-0.2, 0) is 11.2 Å². The molecule has 2 unspecified atom stereocenters. The monoisotopic (exact) mass is 363 g/mol. The van der Waals surface area contributed by atoms with Gasteiger partial charge in [0.25, 0.3) is 5.56 Å². The van der Waals surface area contributed by atoms with Gasteiger partial charge < -0.3 is 20.6 Å². The van der Waals surface area contributed by atoms with Crippen molar-refractivity contribution in [3.05, 3.63) is 81.5 Å². The van der Waals surface area contributed by atoms with Gasteiger partial charge in [0.2, 0.25) is 5.75 Å². The zero-order chi connectivity index (χ0) is 19.0. The Kier molecular flexibility index (Phi) is 4.51. The third-order valence-corrected chi connectivity index (χ3v) is 4.89. The van der Waals surface area contributed by atoms with Gasteiger partial charge in [0.05, 0.1) is 18.2 Å². The van der Waals surface area contributed by atoms with Crippen molar-refractivity contribution in [3.63, 3.8) is 0 Å². The van der Waals surface area contributed by atoms with Gasteiger partial charge in [-0.05, 0) is 23.6 Å². The molecule has 4 N–H and O–H groups in total. The molecule has 0 bridgehead atoms. The third-order valence-electron chi connectivity index (χ3n) is 4.89. The van der Waals surface area contributed by atoms with Gasteiger partial charge in [0, 0.05) is 6.42 Å². The maximum atomic E-state index is 12.2. The normalized spacial score (nSPS) is 18.9. The van der Waals surface area contributed by atoms with Gasteiger partial charge in [-0.2, -0.15) is 0 Å². The first-order valence-corrected chi connectivity index (χ1v) is 8.87. The summed E-state index contributed by atoms with van der Waals surface area (Å²) in [5, 5.41) is 10.1. The van der Waals surface area contributed by atoms with E-state index in [4.69, 9.17) is 10.5 Å². The largest absolute Gasteiger partial charge is 0.502 e. The Morgan fingerprint density at radius 3 is 2.78 bits per heavy atom. The van der Waals surface area contributed by atoms with Gasteiger partial charge in [-0.15, -0.1) is 0 Å². The number of hydrogen-bond acceptors (Lipinski definition) is 5. The number of aromatic amines is 1. The second-order valence-electron chi connectivity index (χ2n) is 6.85. The Morgan fingerprint density at radius 1 is 1.26 bits per heavy atom. The Morgan fingerprint density at radius 2 is 2.07 bits per heavy atom. The predicted molar refractivity (Wildman–Crippen MR) is 103 cm³/mol. The number of aromatic hydroxyl groups is 1. The van der Waals surface area contributed by atoms with Crippen molar-refractivity contribution < 1.29 is 9.84 Å². The van der Waals surface area contributed by atoms with Crippen LogP contribution in [0.3, 0.4) is 0 Å². The van der Waals surface area contributed by atoms with Crippen molar-refractivity contribution in [3.8, 4) is 16.9 Å². The van der Waals surface area contributed by atoms with Crippen LogP contribution in [0.2, 0.25) is 0 Å². The number of aryl methyl sites for hydroxylation is 1. The van der Waals surface area contributed by atoms with Crippen LogP contribution in [0.5, 0.6) is 5.75 Å². The van der Waals surface area contributed by atoms with Gasteiger partial charge in [-0.3, -0.25) is 4.79 Å². The molecule has 1 saturated heterocycles. The number of rotatable bonds is 4. The van der Waals surface area contributed by atoms with Gasteiger partial charge in [0.15, 0.2) is 0 Å². The second-order valence-corrected chi connectivity index (χ2v) is 6.85. The molecule has 6 nitrogen and oxygen atoms in total. The van der Waals surface area contributed by atoms with Crippen molar-refractivity contribution in [1.29, 1.82) is 0 Å². The fraction of sp³-hybridized carbons (Fsp3) is 0.238. The summed E-state index contributed by atoms with van der Waals surface area (Å²) in [6, 6.07) is 16.3. The minimum absolute atomic E-state index is 0.266. The van der Waals surface area contributed by atoms with E-state index in [-0.39, 0.29) is 11.7 Å². The van der Waals surface area contributed by atoms with Crippen LogP contribution < -0.4 is 11.3 Å². The number of benzene rings is 2. The summed E-state index contributed by atoms with van der Waals surface area (Å²) < 4.78 is 5.15. The van der Waals surface area contributed by atoms with Crippen LogP contribution in [0.15, 0.2) is 53.3 Å². The number of H-pyrrole nitrogens is 1. The average molecular weight is 363 g/mol. The molecule has 0 radical (unpaired) electrons. The van der Waals surface area contributed by atoms with Gasteiger partial charge in [0.1, 0.15) is 12.1 Å². The van der Waals surface area contributed by atoms with E-state index in [1.807, 2.05) is 24.3 Å². The first kappa shape index (κ1) is 17.5. The molecule has 0 amide bonds. The summed E-state index contributed by atoms with van der Waals surface area (Å²) in [7, 11) is 0. The molecule has 1 aliphatic rings. The van der Waals surface area contributed by atoms with E-state index in [1.165, 1.54) is 5.56 Å². The standard InChI is InChI=1S/C21H21N3O3/c1-12-5-4-7-13(9-12)15-8-3-2-6-14(15)10-17-23-18(16-11-27-20(16)22)19(25)21(26)24-17/h2-9,16,20,25H,10-11,22H2,1H3,(H,23,24,26). The molecule has 6 heteroatoms. The fourth-order valence-electron chi connectivity index (χ4n) is 3.36. The number of nitrogens with two attached hydrogens (primary N) is 1. The zero-order valence-corrected chi connectivity index (χ0v) is 15.0. The zero-order valence-electron chi connectivity index (χ0n) is 15.0. The van der Waals surface area contributed by atoms with E-state index in [0.717, 1.165) is 16.7 Å². The average Bonchev–Trinajstić information content (AvgIpc) is 2.65. The Hall–Kier alpha value is -2.96. The van der Waals surface area contributed by atoms with Crippen LogP contribution >= 0.6 is 0 Å². The first-order chi connectivity index (χ1) is 13.0. The molecule has 0 saturated carbocycles. The van der Waals surface area contributed by atoms with Gasteiger partial charge >= 0.3 is 0 Å². The highest BCUT2D eigenvalue weighted by Gasteiger charge is 2.34. The van der Waals surface area contributed by atoms with Crippen LogP contribution in [0.1, 0.15) is 28.6 Å². The van der Waals surface area contributed by atoms with Crippen LogP contribution in [0, 0.1) is 6.92 Å². The lowest BCUT2D eigenvalue weighted by Gasteiger charge is -2.33. The Bertz CT molecular complexity index is 1040. The number of nitrogens with one attached hydrogen (secondary N) is 1. The molecule has 0 aliphatic carbocycles. The number of ether oxygens (including phenoxy) is 1. The molecule has 2 heterocycles. The number of hydrogen-bond donors (Lipinski definition) is 3. The molecular weight excluding hydrogens is 342 g/mol. The van der Waals surface area contributed by atoms with Crippen molar-refractivity contribution in [1.82, 2.24) is 9.97 Å². The lowest BCUT2D eigenvalue weighted by molar-refractivity contribution is -0.0744. The molecule has 4 rings (SSSR count). The van der Waals surface area contributed by atoms with Crippen molar-refractivity contribution in [2.75, 3.05) is 6.61 Å². The van der Waals surface area contributed by atoms with Gasteiger partial charge in [-0.1, -0.05) is 54.1 Å². The summed E-state index contributed by atoms with van der Waals surface area (Å²) in [5.74, 6) is -0.153. The van der Waals surface area contributed by atoms with Crippen molar-refractivity contribution >= 4 is 0 Å².